The molecule has 1 atom stereocenters. The minimum absolute atomic E-state index is 0.0356. The van der Waals surface area contributed by atoms with Crippen molar-refractivity contribution in [1.82, 2.24) is 5.32 Å². The molecule has 1 aromatic rings. The van der Waals surface area contributed by atoms with E-state index in [9.17, 15) is 20.0 Å². The zero-order valence-electron chi connectivity index (χ0n) is 11.4. The van der Waals surface area contributed by atoms with E-state index in [0.717, 1.165) is 0 Å². The Hall–Kier alpha value is -1.47. The van der Waals surface area contributed by atoms with Crippen molar-refractivity contribution >= 4 is 27.5 Å². The fraction of sp³-hybridized carbons (Fsp3) is 0.462. The van der Waals surface area contributed by atoms with Gasteiger partial charge >= 0.3 is 0 Å². The lowest BCUT2D eigenvalue weighted by molar-refractivity contribution is -0.385. The molecular formula is C13H17BrN2O4. The maximum atomic E-state index is 11.7. The normalized spacial score (nSPS) is 13.6. The highest BCUT2D eigenvalue weighted by atomic mass is 79.9. The van der Waals surface area contributed by atoms with Crippen molar-refractivity contribution in [2.75, 3.05) is 6.54 Å². The number of nitro groups is 1. The first-order chi connectivity index (χ1) is 9.25. The Labute approximate surface area is 125 Å². The van der Waals surface area contributed by atoms with E-state index in [2.05, 4.69) is 21.2 Å². The lowest BCUT2D eigenvalue weighted by atomic mass is 10.0. The van der Waals surface area contributed by atoms with Gasteiger partial charge in [0, 0.05) is 12.6 Å². The number of carbonyl (C=O) groups excluding carboxylic acids is 1. The monoisotopic (exact) mass is 344 g/mol. The van der Waals surface area contributed by atoms with Crippen LogP contribution in [-0.2, 0) is 11.2 Å². The number of aliphatic hydroxyl groups is 1. The van der Waals surface area contributed by atoms with Crippen molar-refractivity contribution in [2.45, 2.75) is 32.3 Å². The summed E-state index contributed by atoms with van der Waals surface area (Å²) in [6, 6.07) is 4.55. The van der Waals surface area contributed by atoms with E-state index >= 15 is 0 Å². The number of hydrogen-bond acceptors (Lipinski definition) is 4. The maximum Gasteiger partial charge on any atom is 0.283 e. The van der Waals surface area contributed by atoms with Crippen LogP contribution in [0.5, 0.6) is 0 Å². The predicted octanol–water partition coefficient (Wildman–Crippen LogP) is 2.18. The Morgan fingerprint density at radius 3 is 2.75 bits per heavy atom. The van der Waals surface area contributed by atoms with Gasteiger partial charge in [-0.2, -0.15) is 0 Å². The summed E-state index contributed by atoms with van der Waals surface area (Å²) >= 11 is 3.09. The smallest absolute Gasteiger partial charge is 0.283 e. The number of halogens is 1. The summed E-state index contributed by atoms with van der Waals surface area (Å²) in [5, 5.41) is 23.2. The highest BCUT2D eigenvalue weighted by Crippen LogP contribution is 2.25. The van der Waals surface area contributed by atoms with Gasteiger partial charge in [-0.3, -0.25) is 14.9 Å². The van der Waals surface area contributed by atoms with Crippen molar-refractivity contribution in [3.8, 4) is 0 Å². The van der Waals surface area contributed by atoms with Crippen LogP contribution in [0.3, 0.4) is 0 Å². The Bertz CT molecular complexity index is 517. The fourth-order valence-corrected chi connectivity index (χ4v) is 1.86. The van der Waals surface area contributed by atoms with Crippen molar-refractivity contribution < 1.29 is 14.8 Å². The molecule has 0 aromatic heterocycles. The molecule has 0 fully saturated rings. The molecule has 1 unspecified atom stereocenters. The van der Waals surface area contributed by atoms with Gasteiger partial charge in [0.15, 0.2) is 0 Å². The minimum Gasteiger partial charge on any atom is -0.388 e. The van der Waals surface area contributed by atoms with Crippen LogP contribution < -0.4 is 5.32 Å². The first-order valence-electron chi connectivity index (χ1n) is 6.17. The van der Waals surface area contributed by atoms with Crippen LogP contribution in [0.2, 0.25) is 0 Å². The zero-order chi connectivity index (χ0) is 15.3. The van der Waals surface area contributed by atoms with Crippen molar-refractivity contribution in [3.05, 3.63) is 38.3 Å². The van der Waals surface area contributed by atoms with E-state index in [0.29, 0.717) is 16.5 Å². The molecule has 6 nitrogen and oxygen atoms in total. The molecule has 1 aromatic carbocycles. The van der Waals surface area contributed by atoms with Gasteiger partial charge in [0.25, 0.3) is 5.69 Å². The molecule has 1 amide bonds. The second-order valence-electron chi connectivity index (χ2n) is 4.85. The first-order valence-corrected chi connectivity index (χ1v) is 6.96. The summed E-state index contributed by atoms with van der Waals surface area (Å²) < 4.78 is 0.376. The Kier molecular flexibility index (Phi) is 5.64. The lowest BCUT2D eigenvalue weighted by Gasteiger charge is -2.21. The van der Waals surface area contributed by atoms with Crippen molar-refractivity contribution in [1.29, 1.82) is 0 Å². The molecule has 0 bridgehead atoms. The number of nitro benzene ring substituents is 1. The van der Waals surface area contributed by atoms with Crippen LogP contribution in [0.15, 0.2) is 22.7 Å². The van der Waals surface area contributed by atoms with E-state index in [1.807, 2.05) is 6.92 Å². The van der Waals surface area contributed by atoms with Gasteiger partial charge in [0.2, 0.25) is 5.91 Å². The Morgan fingerprint density at radius 1 is 1.55 bits per heavy atom. The second-order valence-corrected chi connectivity index (χ2v) is 5.70. The van der Waals surface area contributed by atoms with Gasteiger partial charge in [-0.05, 0) is 40.9 Å². The second kappa shape index (κ2) is 6.81. The number of hydrogen-bond donors (Lipinski definition) is 2. The summed E-state index contributed by atoms with van der Waals surface area (Å²) in [7, 11) is 0. The van der Waals surface area contributed by atoms with E-state index < -0.39 is 10.5 Å². The summed E-state index contributed by atoms with van der Waals surface area (Å²) in [6.07, 6.45) is 0.560. The maximum absolute atomic E-state index is 11.7. The number of rotatable bonds is 6. The highest BCUT2D eigenvalue weighted by Gasteiger charge is 2.19. The molecule has 0 heterocycles. The number of amides is 1. The molecule has 1 rings (SSSR count). The molecule has 2 N–H and O–H groups in total. The fourth-order valence-electron chi connectivity index (χ4n) is 1.47. The van der Waals surface area contributed by atoms with Gasteiger partial charge in [0.05, 0.1) is 21.4 Å². The largest absolute Gasteiger partial charge is 0.388 e. The molecule has 7 heteroatoms. The Morgan fingerprint density at radius 2 is 2.20 bits per heavy atom. The van der Waals surface area contributed by atoms with Gasteiger partial charge in [0.1, 0.15) is 0 Å². The molecular weight excluding hydrogens is 328 g/mol. The van der Waals surface area contributed by atoms with E-state index in [1.54, 1.807) is 19.1 Å². The van der Waals surface area contributed by atoms with Crippen LogP contribution >= 0.6 is 15.9 Å². The first kappa shape index (κ1) is 16.6. The average molecular weight is 345 g/mol. The van der Waals surface area contributed by atoms with Gasteiger partial charge in [-0.15, -0.1) is 0 Å². The molecule has 0 radical (unpaired) electrons. The number of carbonyl (C=O) groups is 1. The molecule has 0 aliphatic rings. The summed E-state index contributed by atoms with van der Waals surface area (Å²) in [5.74, 6) is -0.282. The highest BCUT2D eigenvalue weighted by molar-refractivity contribution is 9.10. The molecule has 0 aliphatic heterocycles. The average Bonchev–Trinajstić information content (AvgIpc) is 2.38. The van der Waals surface area contributed by atoms with Crippen LogP contribution in [0, 0.1) is 10.1 Å². The van der Waals surface area contributed by atoms with Crippen LogP contribution in [0.25, 0.3) is 0 Å². The summed E-state index contributed by atoms with van der Waals surface area (Å²) in [5.41, 5.74) is -0.467. The Balaban J connectivity index is 2.67. The molecule has 0 saturated heterocycles. The third-order valence-corrected chi connectivity index (χ3v) is 3.67. The van der Waals surface area contributed by atoms with Crippen LogP contribution in [0.4, 0.5) is 5.69 Å². The summed E-state index contributed by atoms with van der Waals surface area (Å²) in [4.78, 5) is 22.0. The van der Waals surface area contributed by atoms with Gasteiger partial charge < -0.3 is 10.4 Å². The number of nitrogens with zero attached hydrogens (tertiary/aromatic N) is 1. The molecule has 0 aliphatic carbocycles. The molecule has 20 heavy (non-hydrogen) atoms. The van der Waals surface area contributed by atoms with Crippen LogP contribution in [-0.4, -0.2) is 28.1 Å². The van der Waals surface area contributed by atoms with Gasteiger partial charge in [-0.25, -0.2) is 0 Å². The third kappa shape index (κ3) is 4.90. The molecule has 0 spiro atoms. The summed E-state index contributed by atoms with van der Waals surface area (Å²) in [6.45, 7) is 3.61. The number of benzene rings is 1. The number of nitrogens with one attached hydrogen (secondary N) is 1. The topological polar surface area (TPSA) is 92.5 Å². The molecule has 0 saturated carbocycles. The van der Waals surface area contributed by atoms with Gasteiger partial charge in [-0.1, -0.05) is 13.0 Å². The van der Waals surface area contributed by atoms with E-state index in [-0.39, 0.29) is 24.6 Å². The third-order valence-electron chi connectivity index (χ3n) is 3.00. The van der Waals surface area contributed by atoms with Crippen molar-refractivity contribution in [2.24, 2.45) is 0 Å². The SMILES string of the molecule is CCC(C)(O)CNC(=O)Cc1ccc(Br)c([N+](=O)[O-])c1. The molecule has 110 valence electrons. The van der Waals surface area contributed by atoms with E-state index in [1.165, 1.54) is 6.07 Å². The minimum atomic E-state index is -0.943. The quantitative estimate of drug-likeness (QED) is 0.611. The van der Waals surface area contributed by atoms with E-state index in [4.69, 9.17) is 0 Å². The van der Waals surface area contributed by atoms with Crippen LogP contribution in [0.1, 0.15) is 25.8 Å². The zero-order valence-corrected chi connectivity index (χ0v) is 12.9. The standard InChI is InChI=1S/C13H17BrN2O4/c1-3-13(2,18)8-15-12(17)7-9-4-5-10(14)11(6-9)16(19)20/h4-6,18H,3,7-8H2,1-2H3,(H,15,17). The predicted molar refractivity (Wildman–Crippen MR) is 78.4 cm³/mol. The lowest BCUT2D eigenvalue weighted by Crippen LogP contribution is -2.40. The van der Waals surface area contributed by atoms with Crippen molar-refractivity contribution in [3.63, 3.8) is 0 Å².